The van der Waals surface area contributed by atoms with Gasteiger partial charge in [0.2, 0.25) is 0 Å². The number of rotatable bonds is 4. The second kappa shape index (κ2) is 5.14. The lowest BCUT2D eigenvalue weighted by molar-refractivity contribution is 0.0927. The molecule has 0 aromatic heterocycles. The number of hydrogen-bond donors (Lipinski definition) is 1. The maximum absolute atomic E-state index is 10.5. The Labute approximate surface area is 115 Å². The minimum atomic E-state index is -0.450. The molecule has 19 heavy (non-hydrogen) atoms. The lowest BCUT2D eigenvalue weighted by atomic mass is 10.0. The second-order valence-electron chi connectivity index (χ2n) is 6.05. The van der Waals surface area contributed by atoms with Crippen LogP contribution in [0.5, 0.6) is 5.75 Å². The first-order valence-corrected chi connectivity index (χ1v) is 7.24. The number of ether oxygens (including phenoxy) is 1. The smallest absolute Gasteiger partial charge is 0.124 e. The lowest BCUT2D eigenvalue weighted by Crippen LogP contribution is -2.35. The van der Waals surface area contributed by atoms with Crippen LogP contribution in [0.1, 0.15) is 36.5 Å². The first-order chi connectivity index (χ1) is 9.17. The van der Waals surface area contributed by atoms with Crippen LogP contribution in [0.25, 0.3) is 0 Å². The fraction of sp³-hybridized carbons (Fsp3) is 0.625. The molecular weight excluding hydrogens is 238 g/mol. The van der Waals surface area contributed by atoms with E-state index >= 15 is 0 Å². The van der Waals surface area contributed by atoms with E-state index < -0.39 is 6.10 Å². The first kappa shape index (κ1) is 12.9. The fourth-order valence-electron chi connectivity index (χ4n) is 3.69. The predicted molar refractivity (Wildman–Crippen MR) is 75.4 cm³/mol. The first-order valence-electron chi connectivity index (χ1n) is 7.24. The third-order valence-electron chi connectivity index (χ3n) is 4.67. The Kier molecular flexibility index (Phi) is 3.50. The zero-order valence-corrected chi connectivity index (χ0v) is 11.8. The van der Waals surface area contributed by atoms with E-state index in [-0.39, 0.29) is 0 Å². The summed E-state index contributed by atoms with van der Waals surface area (Å²) in [7, 11) is 1.67. The van der Waals surface area contributed by atoms with Gasteiger partial charge in [0.25, 0.3) is 0 Å². The van der Waals surface area contributed by atoms with Crippen LogP contribution >= 0.6 is 0 Å². The molecule has 2 fully saturated rings. The summed E-state index contributed by atoms with van der Waals surface area (Å²) in [5.41, 5.74) is 2.09. The van der Waals surface area contributed by atoms with E-state index in [0.29, 0.717) is 6.04 Å². The molecule has 3 unspecified atom stereocenters. The van der Waals surface area contributed by atoms with Crippen molar-refractivity contribution in [3.63, 3.8) is 0 Å². The minimum absolute atomic E-state index is 0.450. The van der Waals surface area contributed by atoms with Crippen molar-refractivity contribution in [1.82, 2.24) is 4.90 Å². The number of fused-ring (bicyclic) bond motifs is 2. The van der Waals surface area contributed by atoms with E-state index in [4.69, 9.17) is 4.74 Å². The zero-order valence-electron chi connectivity index (χ0n) is 11.8. The lowest BCUT2D eigenvalue weighted by Gasteiger charge is -2.29. The maximum atomic E-state index is 10.5. The number of nitrogens with zero attached hydrogens (tertiary/aromatic N) is 1. The normalized spacial score (nSPS) is 27.7. The summed E-state index contributed by atoms with van der Waals surface area (Å²) >= 11 is 0. The topological polar surface area (TPSA) is 32.7 Å². The van der Waals surface area contributed by atoms with Gasteiger partial charge in [-0.2, -0.15) is 0 Å². The third-order valence-corrected chi connectivity index (χ3v) is 4.67. The highest BCUT2D eigenvalue weighted by atomic mass is 16.5. The van der Waals surface area contributed by atoms with Gasteiger partial charge in [-0.25, -0.2) is 0 Å². The molecule has 0 spiro atoms. The van der Waals surface area contributed by atoms with Crippen LogP contribution in [-0.4, -0.2) is 36.2 Å². The van der Waals surface area contributed by atoms with Gasteiger partial charge in [-0.3, -0.25) is 4.90 Å². The van der Waals surface area contributed by atoms with Crippen molar-refractivity contribution in [1.29, 1.82) is 0 Å². The van der Waals surface area contributed by atoms with Crippen molar-refractivity contribution >= 4 is 0 Å². The molecule has 1 aliphatic carbocycles. The van der Waals surface area contributed by atoms with Crippen molar-refractivity contribution < 1.29 is 9.84 Å². The summed E-state index contributed by atoms with van der Waals surface area (Å²) in [4.78, 5) is 2.46. The summed E-state index contributed by atoms with van der Waals surface area (Å²) in [5.74, 6) is 1.67. The van der Waals surface area contributed by atoms with Crippen molar-refractivity contribution in [3.8, 4) is 5.75 Å². The number of methoxy groups -OCH3 is 1. The number of aryl methyl sites for hydroxylation is 1. The van der Waals surface area contributed by atoms with E-state index in [1.54, 1.807) is 7.11 Å². The number of hydrogen-bond acceptors (Lipinski definition) is 3. The van der Waals surface area contributed by atoms with Gasteiger partial charge in [-0.05, 0) is 44.2 Å². The van der Waals surface area contributed by atoms with Crippen LogP contribution in [0.3, 0.4) is 0 Å². The molecule has 2 aliphatic rings. The molecule has 1 aromatic carbocycles. The van der Waals surface area contributed by atoms with E-state index in [9.17, 15) is 5.11 Å². The van der Waals surface area contributed by atoms with Gasteiger partial charge in [0.15, 0.2) is 0 Å². The molecule has 3 nitrogen and oxygen atoms in total. The van der Waals surface area contributed by atoms with Gasteiger partial charge in [0.05, 0.1) is 13.2 Å². The van der Waals surface area contributed by atoms with Gasteiger partial charge in [-0.15, -0.1) is 0 Å². The van der Waals surface area contributed by atoms with Crippen LogP contribution < -0.4 is 4.74 Å². The number of likely N-dealkylation sites (tertiary alicyclic amines) is 1. The van der Waals surface area contributed by atoms with Gasteiger partial charge in [-0.1, -0.05) is 11.6 Å². The van der Waals surface area contributed by atoms with Crippen molar-refractivity contribution in [3.05, 3.63) is 29.3 Å². The predicted octanol–water partition coefficient (Wildman–Crippen LogP) is 2.52. The quantitative estimate of drug-likeness (QED) is 0.904. The molecule has 1 heterocycles. The van der Waals surface area contributed by atoms with Crippen LogP contribution in [0, 0.1) is 12.8 Å². The van der Waals surface area contributed by atoms with Gasteiger partial charge in [0.1, 0.15) is 5.75 Å². The highest BCUT2D eigenvalue weighted by Crippen LogP contribution is 2.38. The molecule has 1 aromatic rings. The summed E-state index contributed by atoms with van der Waals surface area (Å²) in [6, 6.07) is 6.71. The van der Waals surface area contributed by atoms with Crippen LogP contribution in [0.15, 0.2) is 18.2 Å². The number of β-amino-alcohol motifs (C(OH)–C–C–N with tert-alkyl or cyclic N) is 1. The Morgan fingerprint density at radius 3 is 2.89 bits per heavy atom. The molecule has 1 N–H and O–H groups in total. The van der Waals surface area contributed by atoms with Gasteiger partial charge < -0.3 is 9.84 Å². The van der Waals surface area contributed by atoms with Crippen molar-refractivity contribution in [2.75, 3.05) is 20.2 Å². The monoisotopic (exact) mass is 261 g/mol. The van der Waals surface area contributed by atoms with Crippen LogP contribution in [-0.2, 0) is 0 Å². The second-order valence-corrected chi connectivity index (χ2v) is 6.05. The highest BCUT2D eigenvalue weighted by molar-refractivity contribution is 5.38. The Morgan fingerprint density at radius 2 is 2.26 bits per heavy atom. The number of benzene rings is 1. The van der Waals surface area contributed by atoms with E-state index in [2.05, 4.69) is 4.90 Å². The van der Waals surface area contributed by atoms with Gasteiger partial charge >= 0.3 is 0 Å². The average Bonchev–Trinajstić information content (AvgIpc) is 3.01. The molecule has 1 saturated heterocycles. The number of aliphatic hydroxyl groups is 1. The Balaban J connectivity index is 1.73. The van der Waals surface area contributed by atoms with E-state index in [1.807, 2.05) is 25.1 Å². The molecule has 2 bridgehead atoms. The Bertz CT molecular complexity index is 460. The molecular formula is C16H23NO2. The largest absolute Gasteiger partial charge is 0.496 e. The molecule has 1 aliphatic heterocycles. The third kappa shape index (κ3) is 2.49. The standard InChI is InChI=1S/C16H23NO2/c1-11-3-6-16(19-2)14(7-11)15(18)10-17-9-12-4-5-13(17)8-12/h3,6-7,12-13,15,18H,4-5,8-10H2,1-2H3. The number of aliphatic hydroxyl groups excluding tert-OH is 1. The van der Waals surface area contributed by atoms with Crippen molar-refractivity contribution in [2.45, 2.75) is 38.3 Å². The van der Waals surface area contributed by atoms with Crippen LogP contribution in [0.2, 0.25) is 0 Å². The molecule has 0 radical (unpaired) electrons. The summed E-state index contributed by atoms with van der Waals surface area (Å²) < 4.78 is 5.37. The van der Waals surface area contributed by atoms with E-state index in [0.717, 1.165) is 35.9 Å². The molecule has 104 valence electrons. The SMILES string of the molecule is COc1ccc(C)cc1C(O)CN1CC2CCC1C2. The maximum Gasteiger partial charge on any atom is 0.124 e. The summed E-state index contributed by atoms with van der Waals surface area (Å²) in [6.45, 7) is 3.95. The molecule has 3 atom stereocenters. The molecule has 3 heteroatoms. The molecule has 0 amide bonds. The summed E-state index contributed by atoms with van der Waals surface area (Å²) in [5, 5.41) is 10.5. The summed E-state index contributed by atoms with van der Waals surface area (Å²) in [6.07, 6.45) is 3.57. The Hall–Kier alpha value is -1.06. The molecule has 1 saturated carbocycles. The van der Waals surface area contributed by atoms with E-state index in [1.165, 1.54) is 19.3 Å². The van der Waals surface area contributed by atoms with Gasteiger partial charge in [0, 0.05) is 24.7 Å². The minimum Gasteiger partial charge on any atom is -0.496 e. The highest BCUT2D eigenvalue weighted by Gasteiger charge is 2.38. The zero-order chi connectivity index (χ0) is 13.4. The Morgan fingerprint density at radius 1 is 1.42 bits per heavy atom. The average molecular weight is 261 g/mol. The van der Waals surface area contributed by atoms with Crippen molar-refractivity contribution in [2.24, 2.45) is 5.92 Å². The molecule has 3 rings (SSSR count). The fourth-order valence-corrected chi connectivity index (χ4v) is 3.69. The number of piperidine rings is 1. The van der Waals surface area contributed by atoms with Crippen LogP contribution in [0.4, 0.5) is 0 Å².